The van der Waals surface area contributed by atoms with Crippen molar-refractivity contribution in [1.82, 2.24) is 19.8 Å². The van der Waals surface area contributed by atoms with Gasteiger partial charge in [0, 0.05) is 54.4 Å². The van der Waals surface area contributed by atoms with Crippen molar-refractivity contribution in [3.05, 3.63) is 40.8 Å². The summed E-state index contributed by atoms with van der Waals surface area (Å²) < 4.78 is 26.7. The predicted molar refractivity (Wildman–Crippen MR) is 134 cm³/mol. The lowest BCUT2D eigenvalue weighted by molar-refractivity contribution is -0.0822. The van der Waals surface area contributed by atoms with E-state index >= 15 is 0 Å². The molecule has 2 saturated heterocycles. The van der Waals surface area contributed by atoms with E-state index in [2.05, 4.69) is 32.8 Å². The quantitative estimate of drug-likeness (QED) is 0.602. The standard InChI is InChI=1S/C26H36ClF2N5O/c1-17-4-9-20-23(17)25(31-16-30-20)32-11-13-33(14-12-32)26(35)24(18-5-7-19(27)8-6-18)21-3-2-10-34(21)15-22(28)29/h5,7-8,16-18,21-22,24,26,35H,2-4,6,9-15H2,1H3. The van der Waals surface area contributed by atoms with Crippen LogP contribution in [0.1, 0.15) is 49.8 Å². The van der Waals surface area contributed by atoms with Crippen molar-refractivity contribution in [3.63, 3.8) is 0 Å². The molecule has 1 aromatic rings. The van der Waals surface area contributed by atoms with E-state index < -0.39 is 12.7 Å². The maximum Gasteiger partial charge on any atom is 0.251 e. The molecule has 0 spiro atoms. The summed E-state index contributed by atoms with van der Waals surface area (Å²) in [4.78, 5) is 15.5. The molecule has 192 valence electrons. The normalized spacial score (nSPS) is 29.5. The number of rotatable bonds is 7. The molecule has 6 nitrogen and oxygen atoms in total. The summed E-state index contributed by atoms with van der Waals surface area (Å²) in [6.07, 6.45) is 9.11. The molecular weight excluding hydrogens is 472 g/mol. The number of anilines is 1. The van der Waals surface area contributed by atoms with Crippen LogP contribution in [0.5, 0.6) is 0 Å². The molecule has 5 atom stereocenters. The summed E-state index contributed by atoms with van der Waals surface area (Å²) in [6.45, 7) is 5.64. The number of nitrogens with zero attached hydrogens (tertiary/aromatic N) is 5. The number of hydrogen-bond donors (Lipinski definition) is 1. The summed E-state index contributed by atoms with van der Waals surface area (Å²) in [7, 11) is 0. The van der Waals surface area contributed by atoms with E-state index in [1.165, 1.54) is 11.3 Å². The highest BCUT2D eigenvalue weighted by Gasteiger charge is 2.43. The first-order valence-corrected chi connectivity index (χ1v) is 13.4. The highest BCUT2D eigenvalue weighted by atomic mass is 35.5. The SMILES string of the molecule is CC1CCc2ncnc(N3CCN(C(O)C(C4C=CC(Cl)=CC4)C4CCCN4CC(F)F)CC3)c21. The zero-order valence-electron chi connectivity index (χ0n) is 20.4. The maximum absolute atomic E-state index is 13.3. The van der Waals surface area contributed by atoms with E-state index in [-0.39, 0.29) is 24.4 Å². The summed E-state index contributed by atoms with van der Waals surface area (Å²) >= 11 is 6.17. The van der Waals surface area contributed by atoms with Crippen LogP contribution >= 0.6 is 11.6 Å². The van der Waals surface area contributed by atoms with Crippen LogP contribution in [0.15, 0.2) is 29.6 Å². The number of likely N-dealkylation sites (tertiary alicyclic amines) is 1. The minimum atomic E-state index is -2.37. The van der Waals surface area contributed by atoms with E-state index in [0.29, 0.717) is 30.6 Å². The average Bonchev–Trinajstić information content (AvgIpc) is 3.46. The molecule has 5 unspecified atom stereocenters. The Morgan fingerprint density at radius 3 is 2.66 bits per heavy atom. The number of aryl methyl sites for hydroxylation is 1. The van der Waals surface area contributed by atoms with Crippen LogP contribution in [0.3, 0.4) is 0 Å². The molecular formula is C26H36ClF2N5O. The van der Waals surface area contributed by atoms with E-state index in [1.807, 2.05) is 17.1 Å². The van der Waals surface area contributed by atoms with Crippen LogP contribution in [0.4, 0.5) is 14.6 Å². The van der Waals surface area contributed by atoms with E-state index in [0.717, 1.165) is 51.0 Å². The van der Waals surface area contributed by atoms with Gasteiger partial charge in [0.05, 0.1) is 6.54 Å². The number of allylic oxidation sites excluding steroid dienone is 4. The Bertz CT molecular complexity index is 952. The molecule has 0 saturated carbocycles. The first-order valence-electron chi connectivity index (χ1n) is 13.0. The first-order chi connectivity index (χ1) is 16.9. The molecule has 2 aliphatic carbocycles. The molecule has 3 heterocycles. The van der Waals surface area contributed by atoms with Crippen molar-refractivity contribution in [2.75, 3.05) is 44.2 Å². The lowest BCUT2D eigenvalue weighted by Crippen LogP contribution is -2.57. The fourth-order valence-electron chi connectivity index (χ4n) is 6.61. The van der Waals surface area contributed by atoms with Gasteiger partial charge in [-0.05, 0) is 56.6 Å². The van der Waals surface area contributed by atoms with Gasteiger partial charge in [0.2, 0.25) is 0 Å². The summed E-state index contributed by atoms with van der Waals surface area (Å²) in [5.41, 5.74) is 2.45. The van der Waals surface area contributed by atoms with Crippen molar-refractivity contribution >= 4 is 17.4 Å². The van der Waals surface area contributed by atoms with Gasteiger partial charge in [0.1, 0.15) is 18.4 Å². The topological polar surface area (TPSA) is 55.7 Å². The molecule has 0 radical (unpaired) electrons. The molecule has 2 aliphatic heterocycles. The van der Waals surface area contributed by atoms with Crippen LogP contribution in [-0.4, -0.2) is 82.8 Å². The number of aliphatic hydroxyl groups excluding tert-OH is 1. The molecule has 0 amide bonds. The second kappa shape index (κ2) is 10.8. The Kier molecular flexibility index (Phi) is 7.72. The Morgan fingerprint density at radius 2 is 1.94 bits per heavy atom. The van der Waals surface area contributed by atoms with Gasteiger partial charge in [-0.2, -0.15) is 0 Å². The maximum atomic E-state index is 13.3. The van der Waals surface area contributed by atoms with Crippen LogP contribution in [-0.2, 0) is 6.42 Å². The minimum Gasteiger partial charge on any atom is -0.378 e. The third kappa shape index (κ3) is 5.26. The van der Waals surface area contributed by atoms with Gasteiger partial charge in [-0.15, -0.1) is 0 Å². The fourth-order valence-corrected chi connectivity index (χ4v) is 6.77. The van der Waals surface area contributed by atoms with Crippen LogP contribution < -0.4 is 4.90 Å². The van der Waals surface area contributed by atoms with E-state index in [4.69, 9.17) is 11.6 Å². The minimum absolute atomic E-state index is 0.0667. The molecule has 1 N–H and O–H groups in total. The molecule has 0 bridgehead atoms. The highest BCUT2D eigenvalue weighted by Crippen LogP contribution is 2.39. The molecule has 9 heteroatoms. The van der Waals surface area contributed by atoms with Gasteiger partial charge in [-0.3, -0.25) is 9.80 Å². The van der Waals surface area contributed by atoms with Gasteiger partial charge >= 0.3 is 0 Å². The summed E-state index contributed by atoms with van der Waals surface area (Å²) in [6, 6.07) is -0.0667. The number of aromatic nitrogens is 2. The van der Waals surface area contributed by atoms with Gasteiger partial charge in [0.15, 0.2) is 0 Å². The smallest absolute Gasteiger partial charge is 0.251 e. The van der Waals surface area contributed by atoms with Crippen LogP contribution in [0, 0.1) is 11.8 Å². The Balaban J connectivity index is 1.31. The number of aliphatic hydroxyl groups is 1. The third-order valence-electron chi connectivity index (χ3n) is 8.40. The van der Waals surface area contributed by atoms with Gasteiger partial charge in [-0.1, -0.05) is 30.7 Å². The first kappa shape index (κ1) is 25.1. The van der Waals surface area contributed by atoms with E-state index in [1.54, 1.807) is 6.33 Å². The highest BCUT2D eigenvalue weighted by molar-refractivity contribution is 6.31. The zero-order chi connectivity index (χ0) is 24.5. The van der Waals surface area contributed by atoms with Gasteiger partial charge < -0.3 is 10.0 Å². The number of piperazine rings is 1. The fraction of sp³-hybridized carbons (Fsp3) is 0.692. The second-order valence-electron chi connectivity index (χ2n) is 10.5. The number of alkyl halides is 2. The second-order valence-corrected chi connectivity index (χ2v) is 10.9. The molecule has 1 aromatic heterocycles. The summed E-state index contributed by atoms with van der Waals surface area (Å²) in [5.74, 6) is 1.43. The number of halogens is 3. The molecule has 35 heavy (non-hydrogen) atoms. The van der Waals surface area contributed by atoms with E-state index in [9.17, 15) is 13.9 Å². The molecule has 5 rings (SSSR count). The van der Waals surface area contributed by atoms with Gasteiger partial charge in [0.25, 0.3) is 6.43 Å². The summed E-state index contributed by atoms with van der Waals surface area (Å²) in [5, 5.41) is 12.4. The molecule has 0 aromatic carbocycles. The van der Waals surface area contributed by atoms with Crippen molar-refractivity contribution < 1.29 is 13.9 Å². The molecule has 2 fully saturated rings. The predicted octanol–water partition coefficient (Wildman–Crippen LogP) is 4.01. The monoisotopic (exact) mass is 507 g/mol. The lowest BCUT2D eigenvalue weighted by atomic mass is 9.79. The number of hydrogen-bond acceptors (Lipinski definition) is 6. The Hall–Kier alpha value is -1.61. The lowest BCUT2D eigenvalue weighted by Gasteiger charge is -2.45. The Morgan fingerprint density at radius 1 is 1.14 bits per heavy atom. The largest absolute Gasteiger partial charge is 0.378 e. The van der Waals surface area contributed by atoms with Crippen molar-refractivity contribution in [2.45, 2.75) is 63.6 Å². The van der Waals surface area contributed by atoms with Crippen LogP contribution in [0.2, 0.25) is 0 Å². The van der Waals surface area contributed by atoms with Gasteiger partial charge in [-0.25, -0.2) is 18.7 Å². The van der Waals surface area contributed by atoms with Crippen molar-refractivity contribution in [2.24, 2.45) is 11.8 Å². The Labute approximate surface area is 211 Å². The zero-order valence-corrected chi connectivity index (χ0v) is 21.1. The van der Waals surface area contributed by atoms with Crippen LogP contribution in [0.25, 0.3) is 0 Å². The third-order valence-corrected chi connectivity index (χ3v) is 8.68. The number of fused-ring (bicyclic) bond motifs is 1. The average molecular weight is 508 g/mol. The molecule has 4 aliphatic rings. The van der Waals surface area contributed by atoms with Crippen molar-refractivity contribution in [3.8, 4) is 0 Å². The van der Waals surface area contributed by atoms with Crippen molar-refractivity contribution in [1.29, 1.82) is 0 Å².